The van der Waals surface area contributed by atoms with Crippen LogP contribution in [0.1, 0.15) is 28.4 Å². The Balaban J connectivity index is 1.82. The van der Waals surface area contributed by atoms with Gasteiger partial charge < -0.3 is 19.2 Å². The van der Waals surface area contributed by atoms with Crippen LogP contribution in [0.15, 0.2) is 77.2 Å². The topological polar surface area (TPSA) is 60.7 Å². The molecule has 0 saturated carbocycles. The Morgan fingerprint density at radius 3 is 2.39 bits per heavy atom. The molecule has 0 aliphatic rings. The van der Waals surface area contributed by atoms with Gasteiger partial charge in [0.05, 0.1) is 12.7 Å². The predicted molar refractivity (Wildman–Crippen MR) is 132 cm³/mol. The lowest BCUT2D eigenvalue weighted by molar-refractivity contribution is 0.102. The summed E-state index contributed by atoms with van der Waals surface area (Å²) in [4.78, 5) is 13.6. The highest BCUT2D eigenvalue weighted by molar-refractivity contribution is 6.16. The van der Waals surface area contributed by atoms with E-state index in [4.69, 9.17) is 13.9 Å². The van der Waals surface area contributed by atoms with Crippen LogP contribution in [0.3, 0.4) is 0 Å². The number of carbonyl (C=O) groups excluding carboxylic acids is 1. The van der Waals surface area contributed by atoms with Gasteiger partial charge >= 0.3 is 0 Å². The van der Waals surface area contributed by atoms with Gasteiger partial charge in [0.1, 0.15) is 29.4 Å². The molecule has 0 spiro atoms. The van der Waals surface area contributed by atoms with E-state index in [9.17, 15) is 4.79 Å². The standard InChI is InChI=1S/C28H27NO4/c1-17(2)16-32-22-11-13-25-23(15-22)26(27(33-25)20-7-9-21(31-5)10-8-20)28(30)29-24-12-6-18(3)14-19(24)4/h6-15H,1,16H2,2-5H3,(H,29,30). The zero-order valence-electron chi connectivity index (χ0n) is 19.3. The van der Waals surface area contributed by atoms with Gasteiger partial charge in [0.2, 0.25) is 0 Å². The second-order valence-corrected chi connectivity index (χ2v) is 8.21. The molecule has 0 atom stereocenters. The number of nitrogens with one attached hydrogen (secondary N) is 1. The van der Waals surface area contributed by atoms with E-state index in [1.807, 2.05) is 81.4 Å². The van der Waals surface area contributed by atoms with Crippen LogP contribution in [0.25, 0.3) is 22.3 Å². The maximum atomic E-state index is 13.6. The van der Waals surface area contributed by atoms with E-state index in [0.29, 0.717) is 34.6 Å². The van der Waals surface area contributed by atoms with E-state index < -0.39 is 0 Å². The van der Waals surface area contributed by atoms with Crippen LogP contribution in [-0.4, -0.2) is 19.6 Å². The lowest BCUT2D eigenvalue weighted by atomic mass is 10.0. The summed E-state index contributed by atoms with van der Waals surface area (Å²) in [6.07, 6.45) is 0. The molecule has 1 heterocycles. The summed E-state index contributed by atoms with van der Waals surface area (Å²) in [5.41, 5.74) is 5.64. The van der Waals surface area contributed by atoms with E-state index >= 15 is 0 Å². The van der Waals surface area contributed by atoms with Crippen LogP contribution in [0.4, 0.5) is 5.69 Å². The number of hydrogen-bond donors (Lipinski definition) is 1. The number of benzene rings is 3. The van der Waals surface area contributed by atoms with E-state index in [1.54, 1.807) is 7.11 Å². The molecular weight excluding hydrogens is 414 g/mol. The Morgan fingerprint density at radius 2 is 1.73 bits per heavy atom. The third kappa shape index (κ3) is 4.77. The normalized spacial score (nSPS) is 10.8. The van der Waals surface area contributed by atoms with Crippen molar-refractivity contribution in [3.8, 4) is 22.8 Å². The number of fused-ring (bicyclic) bond motifs is 1. The molecule has 5 nitrogen and oxygen atoms in total. The number of furan rings is 1. The van der Waals surface area contributed by atoms with Gasteiger partial charge in [-0.25, -0.2) is 0 Å². The highest BCUT2D eigenvalue weighted by Gasteiger charge is 2.23. The van der Waals surface area contributed by atoms with Crippen LogP contribution in [0.5, 0.6) is 11.5 Å². The average molecular weight is 442 g/mol. The quantitative estimate of drug-likeness (QED) is 0.316. The van der Waals surface area contributed by atoms with Gasteiger partial charge in [-0.15, -0.1) is 0 Å². The van der Waals surface area contributed by atoms with Crippen LogP contribution in [0, 0.1) is 13.8 Å². The zero-order valence-corrected chi connectivity index (χ0v) is 19.3. The summed E-state index contributed by atoms with van der Waals surface area (Å²) < 4.78 is 17.3. The van der Waals surface area contributed by atoms with E-state index in [0.717, 1.165) is 33.7 Å². The highest BCUT2D eigenvalue weighted by Crippen LogP contribution is 2.37. The lowest BCUT2D eigenvalue weighted by Crippen LogP contribution is -2.13. The van der Waals surface area contributed by atoms with Crippen molar-refractivity contribution < 1.29 is 18.7 Å². The van der Waals surface area contributed by atoms with Crippen molar-refractivity contribution in [3.63, 3.8) is 0 Å². The molecule has 4 aromatic rings. The minimum atomic E-state index is -0.247. The fraction of sp³-hybridized carbons (Fsp3) is 0.179. The molecule has 0 bridgehead atoms. The van der Waals surface area contributed by atoms with Gasteiger partial charge in [-0.05, 0) is 80.4 Å². The van der Waals surface area contributed by atoms with Crippen molar-refractivity contribution in [1.29, 1.82) is 0 Å². The molecule has 0 aliphatic carbocycles. The molecule has 1 aromatic heterocycles. The van der Waals surface area contributed by atoms with Crippen molar-refractivity contribution in [1.82, 2.24) is 0 Å². The van der Waals surface area contributed by atoms with Crippen LogP contribution < -0.4 is 14.8 Å². The Labute approximate surface area is 193 Å². The summed E-state index contributed by atoms with van der Waals surface area (Å²) >= 11 is 0. The molecule has 168 valence electrons. The Kier molecular flexibility index (Phi) is 6.22. The van der Waals surface area contributed by atoms with Gasteiger partial charge in [0.25, 0.3) is 5.91 Å². The molecule has 1 N–H and O–H groups in total. The highest BCUT2D eigenvalue weighted by atomic mass is 16.5. The minimum absolute atomic E-state index is 0.247. The number of hydrogen-bond acceptors (Lipinski definition) is 4. The maximum absolute atomic E-state index is 13.6. The Morgan fingerprint density at radius 1 is 1.00 bits per heavy atom. The van der Waals surface area contributed by atoms with Gasteiger partial charge in [-0.1, -0.05) is 24.3 Å². The number of amides is 1. The van der Waals surface area contributed by atoms with Crippen LogP contribution in [0.2, 0.25) is 0 Å². The first-order chi connectivity index (χ1) is 15.9. The van der Waals surface area contributed by atoms with Crippen molar-refractivity contribution in [2.45, 2.75) is 20.8 Å². The number of anilines is 1. The number of methoxy groups -OCH3 is 1. The molecule has 0 aliphatic heterocycles. The number of rotatable bonds is 7. The Hall–Kier alpha value is -3.99. The van der Waals surface area contributed by atoms with Gasteiger partial charge in [0.15, 0.2) is 0 Å². The van der Waals surface area contributed by atoms with Gasteiger partial charge in [0, 0.05) is 16.6 Å². The van der Waals surface area contributed by atoms with Crippen molar-refractivity contribution >= 4 is 22.6 Å². The molecule has 0 unspecified atom stereocenters. The summed E-state index contributed by atoms with van der Waals surface area (Å²) in [7, 11) is 1.62. The fourth-order valence-corrected chi connectivity index (χ4v) is 3.68. The van der Waals surface area contributed by atoms with Gasteiger partial charge in [-0.2, -0.15) is 0 Å². The molecule has 1 amide bonds. The smallest absolute Gasteiger partial charge is 0.260 e. The molecule has 4 rings (SSSR count). The molecule has 5 heteroatoms. The molecule has 0 saturated heterocycles. The molecule has 3 aromatic carbocycles. The number of aryl methyl sites for hydroxylation is 2. The summed E-state index contributed by atoms with van der Waals surface area (Å²) in [5, 5.41) is 3.74. The van der Waals surface area contributed by atoms with Crippen molar-refractivity contribution in [3.05, 3.63) is 89.5 Å². The minimum Gasteiger partial charge on any atom is -0.497 e. The fourth-order valence-electron chi connectivity index (χ4n) is 3.68. The molecule has 33 heavy (non-hydrogen) atoms. The SMILES string of the molecule is C=C(C)COc1ccc2oc(-c3ccc(OC)cc3)c(C(=O)Nc3ccc(C)cc3C)c2c1. The average Bonchev–Trinajstić information content (AvgIpc) is 3.18. The largest absolute Gasteiger partial charge is 0.497 e. The predicted octanol–water partition coefficient (Wildman–Crippen LogP) is 6.93. The third-order valence-electron chi connectivity index (χ3n) is 5.35. The van der Waals surface area contributed by atoms with E-state index in [2.05, 4.69) is 11.9 Å². The summed E-state index contributed by atoms with van der Waals surface area (Å²) in [6.45, 7) is 10.2. The molecule has 0 fully saturated rings. The number of carbonyl (C=O) groups is 1. The van der Waals surface area contributed by atoms with Gasteiger partial charge in [-0.3, -0.25) is 4.79 Å². The maximum Gasteiger partial charge on any atom is 0.260 e. The molecule has 0 radical (unpaired) electrons. The van der Waals surface area contributed by atoms with E-state index in [-0.39, 0.29) is 5.91 Å². The summed E-state index contributed by atoms with van der Waals surface area (Å²) in [6, 6.07) is 18.9. The Bertz CT molecular complexity index is 1330. The third-order valence-corrected chi connectivity index (χ3v) is 5.35. The second kappa shape index (κ2) is 9.25. The van der Waals surface area contributed by atoms with Crippen LogP contribution >= 0.6 is 0 Å². The van der Waals surface area contributed by atoms with E-state index in [1.165, 1.54) is 0 Å². The van der Waals surface area contributed by atoms with Crippen molar-refractivity contribution in [2.24, 2.45) is 0 Å². The monoisotopic (exact) mass is 441 g/mol. The first kappa shape index (κ1) is 22.2. The van der Waals surface area contributed by atoms with Crippen LogP contribution in [-0.2, 0) is 0 Å². The lowest BCUT2D eigenvalue weighted by Gasteiger charge is -2.10. The second-order valence-electron chi connectivity index (χ2n) is 8.21. The first-order valence-electron chi connectivity index (χ1n) is 10.7. The zero-order chi connectivity index (χ0) is 23.5. The first-order valence-corrected chi connectivity index (χ1v) is 10.7. The van der Waals surface area contributed by atoms with Crippen molar-refractivity contribution in [2.75, 3.05) is 19.0 Å². The molecular formula is C28H27NO4. The number of ether oxygens (including phenoxy) is 2. The summed E-state index contributed by atoms with van der Waals surface area (Å²) in [5.74, 6) is 1.62.